The van der Waals surface area contributed by atoms with Gasteiger partial charge in [-0.2, -0.15) is 18.2 Å². The Hall–Kier alpha value is -1.60. The highest BCUT2D eigenvalue weighted by Gasteiger charge is 2.40. The number of rotatable bonds is 5. The van der Waals surface area contributed by atoms with Gasteiger partial charge in [0.2, 0.25) is 5.95 Å². The Morgan fingerprint density at radius 1 is 1.42 bits per heavy atom. The molecule has 0 bridgehead atoms. The largest absolute Gasteiger partial charge is 0.405 e. The normalized spacial score (nSPS) is 15.4. The van der Waals surface area contributed by atoms with E-state index >= 15 is 0 Å². The molecule has 0 spiro atoms. The van der Waals surface area contributed by atoms with Gasteiger partial charge in [0.25, 0.3) is 0 Å². The van der Waals surface area contributed by atoms with Crippen molar-refractivity contribution in [2.24, 2.45) is 0 Å². The van der Waals surface area contributed by atoms with Gasteiger partial charge in [-0.15, -0.1) is 0 Å². The van der Waals surface area contributed by atoms with Gasteiger partial charge >= 0.3 is 6.18 Å². The summed E-state index contributed by atoms with van der Waals surface area (Å²) in [5, 5.41) is 2.76. The second kappa shape index (κ2) is 5.18. The summed E-state index contributed by atoms with van der Waals surface area (Å²) in [5.74, 6) is -0.990. The first kappa shape index (κ1) is 13.8. The van der Waals surface area contributed by atoms with Gasteiger partial charge in [-0.3, -0.25) is 0 Å². The maximum Gasteiger partial charge on any atom is 0.405 e. The standard InChI is InChI=1S/C11H14F4N4/c1-2-16-10-17-5-8(12)9(18-10)19(7-3-4-7)6-11(13,14)15/h5,7H,2-4,6H2,1H3,(H,16,17,18). The molecule has 1 aliphatic rings. The Bertz CT molecular complexity index is 445. The molecular weight excluding hydrogens is 264 g/mol. The molecule has 1 saturated carbocycles. The predicted molar refractivity (Wildman–Crippen MR) is 62.6 cm³/mol. The third-order valence-electron chi connectivity index (χ3n) is 2.67. The number of aromatic nitrogens is 2. The maximum absolute atomic E-state index is 13.7. The lowest BCUT2D eigenvalue weighted by Crippen LogP contribution is -2.37. The zero-order valence-electron chi connectivity index (χ0n) is 10.3. The molecule has 106 valence electrons. The van der Waals surface area contributed by atoms with Gasteiger partial charge in [-0.05, 0) is 19.8 Å². The molecule has 2 rings (SSSR count). The van der Waals surface area contributed by atoms with E-state index in [-0.39, 0.29) is 17.8 Å². The Balaban J connectivity index is 2.27. The number of nitrogens with one attached hydrogen (secondary N) is 1. The lowest BCUT2D eigenvalue weighted by molar-refractivity contribution is -0.120. The monoisotopic (exact) mass is 278 g/mol. The molecule has 4 nitrogen and oxygen atoms in total. The lowest BCUT2D eigenvalue weighted by atomic mass is 10.4. The second-order valence-corrected chi connectivity index (χ2v) is 4.37. The Labute approximate surface area is 107 Å². The molecule has 0 unspecified atom stereocenters. The predicted octanol–water partition coefficient (Wildman–Crippen LogP) is 2.58. The molecule has 0 aliphatic heterocycles. The average molecular weight is 278 g/mol. The van der Waals surface area contributed by atoms with Crippen LogP contribution in [0.2, 0.25) is 0 Å². The fourth-order valence-corrected chi connectivity index (χ4v) is 1.76. The molecule has 0 radical (unpaired) electrons. The summed E-state index contributed by atoms with van der Waals surface area (Å²) in [4.78, 5) is 8.49. The smallest absolute Gasteiger partial charge is 0.354 e. The SMILES string of the molecule is CCNc1ncc(F)c(N(CC(F)(F)F)C2CC2)n1. The van der Waals surface area contributed by atoms with E-state index in [9.17, 15) is 17.6 Å². The molecule has 1 aromatic rings. The molecular formula is C11H14F4N4. The third kappa shape index (κ3) is 3.68. The van der Waals surface area contributed by atoms with Gasteiger partial charge in [0, 0.05) is 12.6 Å². The van der Waals surface area contributed by atoms with Crippen LogP contribution in [0, 0.1) is 5.82 Å². The number of halogens is 4. The van der Waals surface area contributed by atoms with E-state index in [0.717, 1.165) is 11.1 Å². The van der Waals surface area contributed by atoms with Crippen molar-refractivity contribution in [3.8, 4) is 0 Å². The number of anilines is 2. The Kier molecular flexibility index (Phi) is 3.77. The first-order valence-corrected chi connectivity index (χ1v) is 6.00. The van der Waals surface area contributed by atoms with E-state index in [1.54, 1.807) is 6.92 Å². The van der Waals surface area contributed by atoms with Crippen LogP contribution in [0.15, 0.2) is 6.20 Å². The molecule has 0 amide bonds. The highest BCUT2D eigenvalue weighted by atomic mass is 19.4. The molecule has 1 aliphatic carbocycles. The van der Waals surface area contributed by atoms with Crippen LogP contribution in [-0.2, 0) is 0 Å². The van der Waals surface area contributed by atoms with Crippen LogP contribution < -0.4 is 10.2 Å². The molecule has 0 atom stereocenters. The first-order valence-electron chi connectivity index (χ1n) is 6.00. The maximum atomic E-state index is 13.7. The third-order valence-corrected chi connectivity index (χ3v) is 2.67. The van der Waals surface area contributed by atoms with E-state index in [0.29, 0.717) is 19.4 Å². The Morgan fingerprint density at radius 3 is 2.63 bits per heavy atom. The minimum absolute atomic E-state index is 0.131. The number of alkyl halides is 3. The van der Waals surface area contributed by atoms with E-state index in [1.165, 1.54) is 0 Å². The van der Waals surface area contributed by atoms with E-state index in [4.69, 9.17) is 0 Å². The highest BCUT2D eigenvalue weighted by Crippen LogP contribution is 2.34. The zero-order chi connectivity index (χ0) is 14.0. The van der Waals surface area contributed by atoms with Gasteiger partial charge in [-0.25, -0.2) is 9.37 Å². The zero-order valence-corrected chi connectivity index (χ0v) is 10.3. The van der Waals surface area contributed by atoms with Gasteiger partial charge in [0.15, 0.2) is 11.6 Å². The molecule has 1 fully saturated rings. The quantitative estimate of drug-likeness (QED) is 0.840. The molecule has 1 aromatic heterocycles. The fourth-order valence-electron chi connectivity index (χ4n) is 1.76. The number of nitrogens with zero attached hydrogens (tertiary/aromatic N) is 3. The molecule has 0 saturated heterocycles. The van der Waals surface area contributed by atoms with Crippen LogP contribution in [-0.4, -0.2) is 35.3 Å². The summed E-state index contributed by atoms with van der Waals surface area (Å²) in [7, 11) is 0. The highest BCUT2D eigenvalue weighted by molar-refractivity contribution is 5.46. The molecule has 0 aromatic carbocycles. The summed E-state index contributed by atoms with van der Waals surface area (Å²) < 4.78 is 51.3. The van der Waals surface area contributed by atoms with Crippen molar-refractivity contribution < 1.29 is 17.6 Å². The lowest BCUT2D eigenvalue weighted by Gasteiger charge is -2.25. The molecule has 1 N–H and O–H groups in total. The molecule has 8 heteroatoms. The van der Waals surface area contributed by atoms with E-state index < -0.39 is 18.5 Å². The minimum Gasteiger partial charge on any atom is -0.354 e. The number of hydrogen-bond acceptors (Lipinski definition) is 4. The van der Waals surface area contributed by atoms with Crippen LogP contribution >= 0.6 is 0 Å². The van der Waals surface area contributed by atoms with Crippen molar-refractivity contribution in [2.75, 3.05) is 23.3 Å². The van der Waals surface area contributed by atoms with Crippen LogP contribution in [0.25, 0.3) is 0 Å². The summed E-state index contributed by atoms with van der Waals surface area (Å²) in [6, 6.07) is -0.291. The number of hydrogen-bond donors (Lipinski definition) is 1. The second-order valence-electron chi connectivity index (χ2n) is 4.37. The average Bonchev–Trinajstić information content (AvgIpc) is 3.12. The van der Waals surface area contributed by atoms with Crippen molar-refractivity contribution in [1.82, 2.24) is 9.97 Å². The molecule has 1 heterocycles. The van der Waals surface area contributed by atoms with E-state index in [2.05, 4.69) is 15.3 Å². The first-order chi connectivity index (χ1) is 8.90. The van der Waals surface area contributed by atoms with Crippen molar-refractivity contribution in [3.05, 3.63) is 12.0 Å². The van der Waals surface area contributed by atoms with Crippen LogP contribution in [0.5, 0.6) is 0 Å². The van der Waals surface area contributed by atoms with Crippen molar-refractivity contribution >= 4 is 11.8 Å². The summed E-state index contributed by atoms with van der Waals surface area (Å²) in [5.41, 5.74) is 0. The Morgan fingerprint density at radius 2 is 2.11 bits per heavy atom. The fraction of sp³-hybridized carbons (Fsp3) is 0.636. The summed E-state index contributed by atoms with van der Waals surface area (Å²) >= 11 is 0. The molecule has 19 heavy (non-hydrogen) atoms. The minimum atomic E-state index is -4.39. The van der Waals surface area contributed by atoms with Gasteiger partial charge in [0.05, 0.1) is 6.20 Å². The summed E-state index contributed by atoms with van der Waals surface area (Å²) in [6.07, 6.45) is -2.25. The van der Waals surface area contributed by atoms with Crippen LogP contribution in [0.1, 0.15) is 19.8 Å². The van der Waals surface area contributed by atoms with Crippen LogP contribution in [0.3, 0.4) is 0 Å². The summed E-state index contributed by atoms with van der Waals surface area (Å²) in [6.45, 7) is 1.10. The van der Waals surface area contributed by atoms with Crippen molar-refractivity contribution in [3.63, 3.8) is 0 Å². The van der Waals surface area contributed by atoms with Crippen molar-refractivity contribution in [1.29, 1.82) is 0 Å². The van der Waals surface area contributed by atoms with Crippen LogP contribution in [0.4, 0.5) is 29.3 Å². The van der Waals surface area contributed by atoms with Gasteiger partial charge in [-0.1, -0.05) is 0 Å². The van der Waals surface area contributed by atoms with Gasteiger partial charge in [0.1, 0.15) is 6.54 Å². The van der Waals surface area contributed by atoms with Crippen molar-refractivity contribution in [2.45, 2.75) is 32.0 Å². The van der Waals surface area contributed by atoms with Gasteiger partial charge < -0.3 is 10.2 Å². The van der Waals surface area contributed by atoms with E-state index in [1.807, 2.05) is 0 Å². The topological polar surface area (TPSA) is 41.1 Å².